The predicted octanol–water partition coefficient (Wildman–Crippen LogP) is 3.04. The Bertz CT molecular complexity index is 580. The standard InChI is InChI=1S/C16H23NO3S/c1-20-14-8-10-15(11-9-14)21(18,19)17-12-4-6-13-5-2-3-7-16(13)17/h8-11,13,16H,2-7,12H2,1H3/t13-,16-/m0/s1. The molecule has 1 aliphatic carbocycles. The predicted molar refractivity (Wildman–Crippen MR) is 81.9 cm³/mol. The van der Waals surface area contributed by atoms with Crippen molar-refractivity contribution in [3.8, 4) is 5.75 Å². The first kappa shape index (κ1) is 14.9. The molecule has 0 bridgehead atoms. The van der Waals surface area contributed by atoms with E-state index in [1.54, 1.807) is 35.7 Å². The lowest BCUT2D eigenvalue weighted by molar-refractivity contribution is 0.129. The maximum absolute atomic E-state index is 12.9. The van der Waals surface area contributed by atoms with Crippen LogP contribution in [0, 0.1) is 5.92 Å². The molecule has 2 aliphatic rings. The summed E-state index contributed by atoms with van der Waals surface area (Å²) in [6.07, 6.45) is 6.75. The molecule has 1 heterocycles. The highest BCUT2D eigenvalue weighted by Gasteiger charge is 2.39. The quantitative estimate of drug-likeness (QED) is 0.862. The Morgan fingerprint density at radius 1 is 1.05 bits per heavy atom. The van der Waals surface area contributed by atoms with Gasteiger partial charge in [0, 0.05) is 12.6 Å². The summed E-state index contributed by atoms with van der Waals surface area (Å²) >= 11 is 0. The van der Waals surface area contributed by atoms with Crippen molar-refractivity contribution in [1.29, 1.82) is 0 Å². The first-order valence-corrected chi connectivity index (χ1v) is 9.23. The normalized spacial score (nSPS) is 27.1. The van der Waals surface area contributed by atoms with E-state index in [1.165, 1.54) is 19.3 Å². The number of hydrogen-bond acceptors (Lipinski definition) is 3. The summed E-state index contributed by atoms with van der Waals surface area (Å²) in [5.74, 6) is 1.24. The molecule has 0 spiro atoms. The molecular weight excluding hydrogens is 286 g/mol. The van der Waals surface area contributed by atoms with Crippen LogP contribution in [0.2, 0.25) is 0 Å². The number of fused-ring (bicyclic) bond motifs is 1. The molecule has 2 fully saturated rings. The minimum atomic E-state index is -3.38. The van der Waals surface area contributed by atoms with Gasteiger partial charge in [-0.15, -0.1) is 0 Å². The molecule has 1 saturated heterocycles. The molecule has 1 aliphatic heterocycles. The molecule has 0 amide bonds. The second-order valence-corrected chi connectivity index (χ2v) is 7.94. The van der Waals surface area contributed by atoms with E-state index < -0.39 is 10.0 Å². The zero-order valence-corrected chi connectivity index (χ0v) is 13.3. The van der Waals surface area contributed by atoms with Crippen LogP contribution in [0.5, 0.6) is 5.75 Å². The smallest absolute Gasteiger partial charge is 0.243 e. The first-order valence-electron chi connectivity index (χ1n) is 7.79. The highest BCUT2D eigenvalue weighted by molar-refractivity contribution is 7.89. The van der Waals surface area contributed by atoms with Crippen LogP contribution < -0.4 is 4.74 Å². The van der Waals surface area contributed by atoms with Gasteiger partial charge in [-0.05, 0) is 55.9 Å². The van der Waals surface area contributed by atoms with E-state index in [9.17, 15) is 8.42 Å². The van der Waals surface area contributed by atoms with Crippen molar-refractivity contribution in [3.63, 3.8) is 0 Å². The molecule has 4 nitrogen and oxygen atoms in total. The fraction of sp³-hybridized carbons (Fsp3) is 0.625. The van der Waals surface area contributed by atoms with Crippen LogP contribution in [-0.4, -0.2) is 32.4 Å². The summed E-state index contributed by atoms with van der Waals surface area (Å²) in [6.45, 7) is 0.662. The van der Waals surface area contributed by atoms with Crippen LogP contribution in [0.3, 0.4) is 0 Å². The molecule has 3 rings (SSSR count). The number of nitrogens with zero attached hydrogens (tertiary/aromatic N) is 1. The summed E-state index contributed by atoms with van der Waals surface area (Å²) in [5, 5.41) is 0. The lowest BCUT2D eigenvalue weighted by atomic mass is 9.79. The Hall–Kier alpha value is -1.07. The third-order valence-electron chi connectivity index (χ3n) is 4.86. The van der Waals surface area contributed by atoms with Crippen LogP contribution >= 0.6 is 0 Å². The minimum Gasteiger partial charge on any atom is -0.497 e. The van der Waals surface area contributed by atoms with Gasteiger partial charge in [-0.25, -0.2) is 8.42 Å². The van der Waals surface area contributed by atoms with E-state index in [2.05, 4.69) is 0 Å². The Balaban J connectivity index is 1.88. The number of hydrogen-bond donors (Lipinski definition) is 0. The largest absolute Gasteiger partial charge is 0.497 e. The highest BCUT2D eigenvalue weighted by atomic mass is 32.2. The average Bonchev–Trinajstić information content (AvgIpc) is 2.54. The monoisotopic (exact) mass is 309 g/mol. The van der Waals surface area contributed by atoms with Gasteiger partial charge < -0.3 is 4.74 Å². The SMILES string of the molecule is COc1ccc(S(=O)(=O)N2CCC[C@@H]3CCCC[C@@H]32)cc1. The molecule has 0 N–H and O–H groups in total. The minimum absolute atomic E-state index is 0.208. The Morgan fingerprint density at radius 2 is 1.71 bits per heavy atom. The van der Waals surface area contributed by atoms with Gasteiger partial charge in [0.05, 0.1) is 12.0 Å². The fourth-order valence-corrected chi connectivity index (χ4v) is 5.51. The summed E-state index contributed by atoms with van der Waals surface area (Å²) < 4.78 is 32.7. The van der Waals surface area contributed by atoms with E-state index in [4.69, 9.17) is 4.74 Å². The molecule has 1 aromatic rings. The Labute approximate surface area is 127 Å². The van der Waals surface area contributed by atoms with Gasteiger partial charge in [-0.1, -0.05) is 12.8 Å². The Kier molecular flexibility index (Phi) is 4.22. The van der Waals surface area contributed by atoms with Crippen molar-refractivity contribution in [2.75, 3.05) is 13.7 Å². The third kappa shape index (κ3) is 2.81. The molecule has 5 heteroatoms. The maximum Gasteiger partial charge on any atom is 0.243 e. The van der Waals surface area contributed by atoms with Crippen molar-refractivity contribution in [3.05, 3.63) is 24.3 Å². The molecule has 0 radical (unpaired) electrons. The maximum atomic E-state index is 12.9. The summed E-state index contributed by atoms with van der Waals surface area (Å²) in [6, 6.07) is 6.95. The number of piperidine rings is 1. The van der Waals surface area contributed by atoms with Crippen molar-refractivity contribution >= 4 is 10.0 Å². The topological polar surface area (TPSA) is 46.6 Å². The third-order valence-corrected chi connectivity index (χ3v) is 6.80. The first-order chi connectivity index (χ1) is 10.1. The van der Waals surface area contributed by atoms with Crippen LogP contribution in [0.1, 0.15) is 38.5 Å². The molecule has 1 saturated carbocycles. The van der Waals surface area contributed by atoms with Crippen LogP contribution in [0.4, 0.5) is 0 Å². The van der Waals surface area contributed by atoms with E-state index in [0.717, 1.165) is 19.3 Å². The Morgan fingerprint density at radius 3 is 2.43 bits per heavy atom. The second-order valence-electron chi connectivity index (χ2n) is 6.05. The molecule has 1 aromatic carbocycles. The molecule has 116 valence electrons. The zero-order valence-electron chi connectivity index (χ0n) is 12.5. The van der Waals surface area contributed by atoms with Crippen LogP contribution in [0.15, 0.2) is 29.2 Å². The molecule has 2 atom stereocenters. The number of methoxy groups -OCH3 is 1. The fourth-order valence-electron chi connectivity index (χ4n) is 3.76. The lowest BCUT2D eigenvalue weighted by Crippen LogP contribution is -2.49. The van der Waals surface area contributed by atoms with Gasteiger partial charge >= 0.3 is 0 Å². The van der Waals surface area contributed by atoms with Crippen molar-refractivity contribution in [1.82, 2.24) is 4.31 Å². The number of ether oxygens (including phenoxy) is 1. The second kappa shape index (κ2) is 5.97. The highest BCUT2D eigenvalue weighted by Crippen LogP contribution is 2.38. The van der Waals surface area contributed by atoms with Gasteiger partial charge in [-0.2, -0.15) is 4.31 Å². The van der Waals surface area contributed by atoms with Gasteiger partial charge in [0.1, 0.15) is 5.75 Å². The molecule has 0 aromatic heterocycles. The summed E-state index contributed by atoms with van der Waals surface area (Å²) in [4.78, 5) is 0.384. The van der Waals surface area contributed by atoms with Crippen molar-refractivity contribution < 1.29 is 13.2 Å². The van der Waals surface area contributed by atoms with Gasteiger partial charge in [0.25, 0.3) is 0 Å². The van der Waals surface area contributed by atoms with E-state index in [0.29, 0.717) is 23.1 Å². The van der Waals surface area contributed by atoms with Gasteiger partial charge in [-0.3, -0.25) is 0 Å². The van der Waals surface area contributed by atoms with Crippen molar-refractivity contribution in [2.24, 2.45) is 5.92 Å². The summed E-state index contributed by atoms with van der Waals surface area (Å²) in [7, 11) is -1.80. The number of rotatable bonds is 3. The zero-order chi connectivity index (χ0) is 14.9. The van der Waals surface area contributed by atoms with E-state index in [1.807, 2.05) is 0 Å². The average molecular weight is 309 g/mol. The molecule has 0 unspecified atom stereocenters. The van der Waals surface area contributed by atoms with Crippen molar-refractivity contribution in [2.45, 2.75) is 49.5 Å². The number of sulfonamides is 1. The molecular formula is C16H23NO3S. The summed E-state index contributed by atoms with van der Waals surface area (Å²) in [5.41, 5.74) is 0. The van der Waals surface area contributed by atoms with Gasteiger partial charge in [0.15, 0.2) is 0 Å². The van der Waals surface area contributed by atoms with E-state index in [-0.39, 0.29) is 6.04 Å². The molecule has 21 heavy (non-hydrogen) atoms. The number of benzene rings is 1. The lowest BCUT2D eigenvalue weighted by Gasteiger charge is -2.43. The van der Waals surface area contributed by atoms with Gasteiger partial charge in [0.2, 0.25) is 10.0 Å². The van der Waals surface area contributed by atoms with Crippen LogP contribution in [0.25, 0.3) is 0 Å². The van der Waals surface area contributed by atoms with Crippen LogP contribution in [-0.2, 0) is 10.0 Å². The van der Waals surface area contributed by atoms with E-state index >= 15 is 0 Å².